The van der Waals surface area contributed by atoms with Gasteiger partial charge < -0.3 is 15.1 Å². The average Bonchev–Trinajstić information content (AvgIpc) is 2.75. The van der Waals surface area contributed by atoms with E-state index in [2.05, 4.69) is 50.0 Å². The van der Waals surface area contributed by atoms with E-state index in [-0.39, 0.29) is 0 Å². The molecule has 3 unspecified atom stereocenters. The van der Waals surface area contributed by atoms with Crippen molar-refractivity contribution < 1.29 is 0 Å². The monoisotopic (exact) mass is 255 g/mol. The number of likely N-dealkylation sites (N-methyl/N-ethyl adjacent to an activating group) is 1. The van der Waals surface area contributed by atoms with Gasteiger partial charge >= 0.3 is 0 Å². The van der Waals surface area contributed by atoms with Gasteiger partial charge in [0.2, 0.25) is 0 Å². The number of likely N-dealkylation sites (tertiary alicyclic amines) is 1. The second-order valence-electron chi connectivity index (χ2n) is 6.07. The largest absolute Gasteiger partial charge is 0.312 e. The van der Waals surface area contributed by atoms with Gasteiger partial charge in [-0.2, -0.15) is 0 Å². The van der Waals surface area contributed by atoms with Crippen LogP contribution in [-0.2, 0) is 0 Å². The van der Waals surface area contributed by atoms with Gasteiger partial charge in [0.1, 0.15) is 0 Å². The normalized spacial score (nSPS) is 24.7. The first kappa shape index (κ1) is 15.9. The number of hydrogen-bond donors (Lipinski definition) is 1. The zero-order valence-electron chi connectivity index (χ0n) is 13.1. The molecule has 0 aromatic rings. The Hall–Kier alpha value is -0.120. The predicted molar refractivity (Wildman–Crippen MR) is 80.1 cm³/mol. The minimum atomic E-state index is 0.632. The van der Waals surface area contributed by atoms with E-state index < -0.39 is 0 Å². The Balaban J connectivity index is 2.36. The van der Waals surface area contributed by atoms with Crippen molar-refractivity contribution in [2.75, 3.05) is 40.3 Å². The van der Waals surface area contributed by atoms with E-state index >= 15 is 0 Å². The highest BCUT2D eigenvalue weighted by molar-refractivity contribution is 4.82. The zero-order chi connectivity index (χ0) is 13.5. The Labute approximate surface area is 114 Å². The van der Waals surface area contributed by atoms with Crippen molar-refractivity contribution in [3.63, 3.8) is 0 Å². The van der Waals surface area contributed by atoms with Crippen LogP contribution in [0.3, 0.4) is 0 Å². The summed E-state index contributed by atoms with van der Waals surface area (Å²) in [5.74, 6) is 0.867. The quantitative estimate of drug-likeness (QED) is 0.716. The Kier molecular flexibility index (Phi) is 7.20. The summed E-state index contributed by atoms with van der Waals surface area (Å²) in [4.78, 5) is 5.01. The van der Waals surface area contributed by atoms with E-state index in [4.69, 9.17) is 0 Å². The topological polar surface area (TPSA) is 18.5 Å². The maximum Gasteiger partial charge on any atom is 0.0218 e. The van der Waals surface area contributed by atoms with Gasteiger partial charge in [0.05, 0.1) is 0 Å². The molecule has 1 aliphatic heterocycles. The Morgan fingerprint density at radius 3 is 2.61 bits per heavy atom. The highest BCUT2D eigenvalue weighted by Crippen LogP contribution is 2.17. The number of hydrogen-bond acceptors (Lipinski definition) is 3. The fraction of sp³-hybridized carbons (Fsp3) is 1.00. The summed E-state index contributed by atoms with van der Waals surface area (Å²) >= 11 is 0. The third-order valence-electron chi connectivity index (χ3n) is 4.41. The summed E-state index contributed by atoms with van der Waals surface area (Å²) in [6.07, 6.45) is 3.81. The third-order valence-corrected chi connectivity index (χ3v) is 4.41. The summed E-state index contributed by atoms with van der Waals surface area (Å²) < 4.78 is 0. The van der Waals surface area contributed by atoms with Gasteiger partial charge in [-0.25, -0.2) is 0 Å². The lowest BCUT2D eigenvalue weighted by Gasteiger charge is -2.33. The highest BCUT2D eigenvalue weighted by Gasteiger charge is 2.25. The molecule has 1 rings (SSSR count). The molecule has 0 amide bonds. The van der Waals surface area contributed by atoms with Crippen LogP contribution in [0.5, 0.6) is 0 Å². The van der Waals surface area contributed by atoms with Crippen molar-refractivity contribution in [3.05, 3.63) is 0 Å². The standard InChI is InChI=1S/C15H33N3/c1-6-9-16-15(7-2)13(3)18(5)12-14-8-10-17(4)11-14/h13-16H,6-12H2,1-5H3. The summed E-state index contributed by atoms with van der Waals surface area (Å²) in [5.41, 5.74) is 0. The lowest BCUT2D eigenvalue weighted by Crippen LogP contribution is -2.48. The van der Waals surface area contributed by atoms with Crippen LogP contribution in [0.15, 0.2) is 0 Å². The molecule has 108 valence electrons. The second kappa shape index (κ2) is 8.13. The number of nitrogens with one attached hydrogen (secondary N) is 1. The molecule has 1 fully saturated rings. The van der Waals surface area contributed by atoms with Crippen molar-refractivity contribution in [2.24, 2.45) is 5.92 Å². The summed E-state index contributed by atoms with van der Waals surface area (Å²) in [5, 5.41) is 3.68. The zero-order valence-corrected chi connectivity index (χ0v) is 13.1. The first-order chi connectivity index (χ1) is 8.58. The molecule has 0 saturated carbocycles. The molecule has 18 heavy (non-hydrogen) atoms. The van der Waals surface area contributed by atoms with Gasteiger partial charge in [-0.3, -0.25) is 0 Å². The predicted octanol–water partition coefficient (Wildman–Crippen LogP) is 2.04. The summed E-state index contributed by atoms with van der Waals surface area (Å²) in [6.45, 7) is 11.8. The minimum Gasteiger partial charge on any atom is -0.312 e. The molecule has 0 aromatic heterocycles. The molecule has 3 atom stereocenters. The van der Waals surface area contributed by atoms with Crippen molar-refractivity contribution in [1.82, 2.24) is 15.1 Å². The van der Waals surface area contributed by atoms with Crippen LogP contribution in [0.1, 0.15) is 40.0 Å². The second-order valence-corrected chi connectivity index (χ2v) is 6.07. The van der Waals surface area contributed by atoms with Gasteiger partial charge in [-0.15, -0.1) is 0 Å². The molecule has 1 heterocycles. The van der Waals surface area contributed by atoms with Gasteiger partial charge in [0.15, 0.2) is 0 Å². The molecule has 0 aliphatic carbocycles. The maximum absolute atomic E-state index is 3.68. The Morgan fingerprint density at radius 2 is 2.11 bits per heavy atom. The Morgan fingerprint density at radius 1 is 1.39 bits per heavy atom. The van der Waals surface area contributed by atoms with E-state index in [1.165, 1.54) is 38.9 Å². The van der Waals surface area contributed by atoms with Crippen LogP contribution in [-0.4, -0.2) is 62.2 Å². The third kappa shape index (κ3) is 4.87. The molecule has 0 aromatic carbocycles. The van der Waals surface area contributed by atoms with Crippen LogP contribution >= 0.6 is 0 Å². The van der Waals surface area contributed by atoms with Crippen LogP contribution in [0, 0.1) is 5.92 Å². The van der Waals surface area contributed by atoms with Crippen molar-refractivity contribution in [2.45, 2.75) is 52.1 Å². The number of rotatable bonds is 8. The van der Waals surface area contributed by atoms with Crippen LogP contribution < -0.4 is 5.32 Å². The Bertz CT molecular complexity index is 220. The van der Waals surface area contributed by atoms with Crippen molar-refractivity contribution in [1.29, 1.82) is 0 Å². The molecule has 0 radical (unpaired) electrons. The van der Waals surface area contributed by atoms with Crippen LogP contribution in [0.25, 0.3) is 0 Å². The molecule has 3 nitrogen and oxygen atoms in total. The van der Waals surface area contributed by atoms with Gasteiger partial charge in [-0.1, -0.05) is 13.8 Å². The minimum absolute atomic E-state index is 0.632. The number of nitrogens with zero attached hydrogens (tertiary/aromatic N) is 2. The molecule has 1 saturated heterocycles. The average molecular weight is 255 g/mol. The van der Waals surface area contributed by atoms with E-state index in [0.29, 0.717) is 12.1 Å². The molecule has 0 spiro atoms. The van der Waals surface area contributed by atoms with Crippen LogP contribution in [0.2, 0.25) is 0 Å². The SMILES string of the molecule is CCCNC(CC)C(C)N(C)CC1CCN(C)C1. The molecular formula is C15H33N3. The van der Waals surface area contributed by atoms with Crippen LogP contribution in [0.4, 0.5) is 0 Å². The van der Waals surface area contributed by atoms with Gasteiger partial charge in [0, 0.05) is 25.2 Å². The van der Waals surface area contributed by atoms with Gasteiger partial charge in [-0.05, 0) is 59.3 Å². The van der Waals surface area contributed by atoms with Crippen molar-refractivity contribution in [3.8, 4) is 0 Å². The fourth-order valence-electron chi connectivity index (χ4n) is 3.04. The summed E-state index contributed by atoms with van der Waals surface area (Å²) in [6, 6.07) is 1.27. The van der Waals surface area contributed by atoms with E-state index in [0.717, 1.165) is 12.5 Å². The van der Waals surface area contributed by atoms with Crippen molar-refractivity contribution >= 4 is 0 Å². The van der Waals surface area contributed by atoms with E-state index in [9.17, 15) is 0 Å². The van der Waals surface area contributed by atoms with Gasteiger partial charge in [0.25, 0.3) is 0 Å². The lowest BCUT2D eigenvalue weighted by atomic mass is 10.0. The van der Waals surface area contributed by atoms with E-state index in [1.807, 2.05) is 0 Å². The molecule has 1 N–H and O–H groups in total. The molecule has 1 aliphatic rings. The van der Waals surface area contributed by atoms with E-state index in [1.54, 1.807) is 0 Å². The lowest BCUT2D eigenvalue weighted by molar-refractivity contribution is 0.177. The molecule has 0 bridgehead atoms. The molecular weight excluding hydrogens is 222 g/mol. The smallest absolute Gasteiger partial charge is 0.0218 e. The molecule has 3 heteroatoms. The highest BCUT2D eigenvalue weighted by atomic mass is 15.2. The summed E-state index contributed by atoms with van der Waals surface area (Å²) in [7, 11) is 4.53. The first-order valence-electron chi connectivity index (χ1n) is 7.70. The fourth-order valence-corrected chi connectivity index (χ4v) is 3.04. The first-order valence-corrected chi connectivity index (χ1v) is 7.70. The maximum atomic E-state index is 3.68.